The van der Waals surface area contributed by atoms with Crippen molar-refractivity contribution >= 4 is 22.6 Å². The van der Waals surface area contributed by atoms with Crippen LogP contribution in [0.25, 0.3) is 0 Å². The van der Waals surface area contributed by atoms with Crippen LogP contribution in [0, 0.1) is 16.7 Å². The van der Waals surface area contributed by atoms with Crippen molar-refractivity contribution in [1.29, 1.82) is 5.26 Å². The zero-order valence-electron chi connectivity index (χ0n) is 25.3. The van der Waals surface area contributed by atoms with E-state index in [0.29, 0.717) is 17.4 Å². The molecule has 0 heterocycles. The van der Waals surface area contributed by atoms with Gasteiger partial charge >= 0.3 is 0 Å². The molecule has 200 valence electrons. The normalized spacial score (nSPS) is 13.3. The quantitative estimate of drug-likeness (QED) is 0.166. The third-order valence-electron chi connectivity index (χ3n) is 4.55. The number of Topliss-reactive ketones (excluding diaryl/α,β-unsaturated/α-hetero) is 1. The second kappa shape index (κ2) is 25.0. The van der Waals surface area contributed by atoms with Crippen molar-refractivity contribution in [3.05, 3.63) is 58.9 Å². The van der Waals surface area contributed by atoms with Crippen LogP contribution in [0.4, 0.5) is 0 Å². The monoisotopic (exact) mass is 502 g/mol. The van der Waals surface area contributed by atoms with Gasteiger partial charge in [-0.2, -0.15) is 5.26 Å². The molecule has 1 rings (SSSR count). The Kier molecular flexibility index (Phi) is 28.6. The summed E-state index contributed by atoms with van der Waals surface area (Å²) in [5.41, 5.74) is 5.21. The number of allylic oxidation sites excluding steroid dienone is 9. The van der Waals surface area contributed by atoms with Gasteiger partial charge in [0.2, 0.25) is 0 Å². The van der Waals surface area contributed by atoms with Gasteiger partial charge < -0.3 is 0 Å². The summed E-state index contributed by atoms with van der Waals surface area (Å²) in [6.45, 7) is 30.2. The number of nitriles is 1. The Bertz CT molecular complexity index is 795. The fourth-order valence-corrected chi connectivity index (χ4v) is 2.32. The maximum Gasteiger partial charge on any atom is 0.162 e. The summed E-state index contributed by atoms with van der Waals surface area (Å²) in [6, 6.07) is 2.03. The number of rotatable bonds is 4. The largest absolute Gasteiger partial charge is 0.294 e. The van der Waals surface area contributed by atoms with Crippen LogP contribution >= 0.6 is 11.8 Å². The van der Waals surface area contributed by atoms with E-state index in [4.69, 9.17) is 5.26 Å². The third-order valence-corrected chi connectivity index (χ3v) is 5.23. The number of carbonyl (C=O) groups excluding carboxylic acids is 1. The third kappa shape index (κ3) is 24.8. The molecule has 0 spiro atoms. The molecule has 0 radical (unpaired) electrons. The second-order valence-corrected chi connectivity index (χ2v) is 9.64. The second-order valence-electron chi connectivity index (χ2n) is 8.64. The smallest absolute Gasteiger partial charge is 0.162 e. The molecule has 0 amide bonds. The maximum atomic E-state index is 11.4. The van der Waals surface area contributed by atoms with Crippen LogP contribution in [0.15, 0.2) is 63.9 Å². The molecule has 0 aromatic carbocycles. The van der Waals surface area contributed by atoms with Gasteiger partial charge in [0.15, 0.2) is 5.78 Å². The van der Waals surface area contributed by atoms with Gasteiger partial charge in [0.1, 0.15) is 6.07 Å². The lowest BCUT2D eigenvalue weighted by Crippen LogP contribution is -2.00. The summed E-state index contributed by atoms with van der Waals surface area (Å²) in [7, 11) is 0. The van der Waals surface area contributed by atoms with Crippen molar-refractivity contribution < 1.29 is 4.79 Å². The summed E-state index contributed by atoms with van der Waals surface area (Å²) in [6.07, 6.45) is 12.3. The zero-order chi connectivity index (χ0) is 28.6. The van der Waals surface area contributed by atoms with E-state index in [1.54, 1.807) is 18.7 Å². The zero-order valence-corrected chi connectivity index (χ0v) is 26.2. The topological polar surface area (TPSA) is 53.2 Å². The van der Waals surface area contributed by atoms with Crippen molar-refractivity contribution in [3.63, 3.8) is 0 Å². The molecule has 0 N–H and O–H groups in total. The standard InChI is InChI=1S/C12H16O.C9H12N2S.C6H14.2C2H6/c1-4-12(13)11-6-5-9(2)7-10(3)8-11;1-5-9(6-10)7(2)11-8(3)12-4;1-5-6(2,3)4;2*1-2/h5-6,8H,4,7H2,1-3H3;5H,1H2,2-4H3;5H2,1-4H3;2*1-2H3/b;9-7+,11-8?;;;. The first-order chi connectivity index (χ1) is 16.3. The Labute approximate surface area is 223 Å². The Morgan fingerprint density at radius 2 is 1.60 bits per heavy atom. The minimum absolute atomic E-state index is 0.227. The minimum atomic E-state index is 0.227. The maximum absolute atomic E-state index is 11.4. The van der Waals surface area contributed by atoms with E-state index in [9.17, 15) is 4.79 Å². The summed E-state index contributed by atoms with van der Waals surface area (Å²) in [5.74, 6) is 0.227. The number of hydrogen-bond donors (Lipinski definition) is 0. The number of nitrogens with zero attached hydrogens (tertiary/aromatic N) is 2. The minimum Gasteiger partial charge on any atom is -0.294 e. The van der Waals surface area contributed by atoms with Crippen LogP contribution < -0.4 is 0 Å². The molecule has 4 heteroatoms. The predicted octanol–water partition coefficient (Wildman–Crippen LogP) is 10.4. The van der Waals surface area contributed by atoms with Crippen molar-refractivity contribution in [1.82, 2.24) is 0 Å². The van der Waals surface area contributed by atoms with Crippen LogP contribution in [0.3, 0.4) is 0 Å². The first-order valence-corrected chi connectivity index (χ1v) is 14.0. The van der Waals surface area contributed by atoms with E-state index in [-0.39, 0.29) is 5.78 Å². The first-order valence-electron chi connectivity index (χ1n) is 12.8. The van der Waals surface area contributed by atoms with Gasteiger partial charge in [-0.05, 0) is 51.9 Å². The van der Waals surface area contributed by atoms with Crippen molar-refractivity contribution in [2.75, 3.05) is 6.26 Å². The highest BCUT2D eigenvalue weighted by Gasteiger charge is 2.06. The lowest BCUT2D eigenvalue weighted by atomic mass is 9.94. The summed E-state index contributed by atoms with van der Waals surface area (Å²) in [5, 5.41) is 9.57. The van der Waals surface area contributed by atoms with E-state index in [1.807, 2.05) is 72.1 Å². The summed E-state index contributed by atoms with van der Waals surface area (Å²) in [4.78, 5) is 15.6. The van der Waals surface area contributed by atoms with Crippen molar-refractivity contribution in [2.24, 2.45) is 10.4 Å². The van der Waals surface area contributed by atoms with Crippen LogP contribution in [0.5, 0.6) is 0 Å². The molecular weight excluding hydrogens is 448 g/mol. The molecular formula is C31H54N2OS. The highest BCUT2D eigenvalue weighted by molar-refractivity contribution is 8.13. The fourth-order valence-electron chi connectivity index (χ4n) is 2.09. The molecule has 3 nitrogen and oxygen atoms in total. The average Bonchev–Trinajstić information content (AvgIpc) is 3.01. The van der Waals surface area contributed by atoms with Crippen LogP contribution in [-0.4, -0.2) is 17.1 Å². The van der Waals surface area contributed by atoms with Gasteiger partial charge in [0.05, 0.1) is 16.3 Å². The predicted molar refractivity (Wildman–Crippen MR) is 163 cm³/mol. The fraction of sp³-hybridized carbons (Fsp3) is 0.581. The molecule has 0 fully saturated rings. The van der Waals surface area contributed by atoms with Crippen LogP contribution in [-0.2, 0) is 4.79 Å². The molecule has 0 aromatic rings. The highest BCUT2D eigenvalue weighted by Crippen LogP contribution is 2.18. The molecule has 0 atom stereocenters. The van der Waals surface area contributed by atoms with Crippen molar-refractivity contribution in [3.8, 4) is 6.07 Å². The molecule has 0 aliphatic heterocycles. The van der Waals surface area contributed by atoms with E-state index in [0.717, 1.165) is 22.7 Å². The van der Waals surface area contributed by atoms with Gasteiger partial charge in [-0.25, -0.2) is 0 Å². The molecule has 0 saturated carbocycles. The molecule has 0 saturated heterocycles. The van der Waals surface area contributed by atoms with Gasteiger partial charge in [0.25, 0.3) is 0 Å². The highest BCUT2D eigenvalue weighted by atomic mass is 32.2. The Hall–Kier alpha value is -2.12. The van der Waals surface area contributed by atoms with E-state index in [2.05, 4.69) is 53.1 Å². The summed E-state index contributed by atoms with van der Waals surface area (Å²) >= 11 is 1.56. The van der Waals surface area contributed by atoms with E-state index >= 15 is 0 Å². The van der Waals surface area contributed by atoms with Crippen LogP contribution in [0.2, 0.25) is 0 Å². The van der Waals surface area contributed by atoms with Gasteiger partial charge in [-0.15, -0.1) is 11.8 Å². The lowest BCUT2D eigenvalue weighted by molar-refractivity contribution is -0.115. The van der Waals surface area contributed by atoms with Crippen LogP contribution in [0.1, 0.15) is 109 Å². The van der Waals surface area contributed by atoms with Crippen molar-refractivity contribution in [2.45, 2.75) is 109 Å². The average molecular weight is 503 g/mol. The number of thioether (sulfide) groups is 1. The lowest BCUT2D eigenvalue weighted by Gasteiger charge is -2.12. The van der Waals surface area contributed by atoms with E-state index < -0.39 is 0 Å². The Balaban J connectivity index is -0.000000202. The Morgan fingerprint density at radius 3 is 1.94 bits per heavy atom. The molecule has 0 bridgehead atoms. The SMILES string of the molecule is C=C/C(C#N)=C(/C)N=C(C)SC.CC.CC.CCC(=O)C1=CC=C(C)CC(C)=C1.CCC(C)(C)C. The van der Waals surface area contributed by atoms with Gasteiger partial charge in [-0.3, -0.25) is 9.79 Å². The molecule has 0 unspecified atom stereocenters. The Morgan fingerprint density at radius 1 is 1.11 bits per heavy atom. The van der Waals surface area contributed by atoms with Gasteiger partial charge in [0, 0.05) is 12.0 Å². The number of hydrogen-bond acceptors (Lipinski definition) is 4. The summed E-state index contributed by atoms with van der Waals surface area (Å²) < 4.78 is 0. The molecule has 1 aliphatic carbocycles. The van der Waals surface area contributed by atoms with Gasteiger partial charge in [-0.1, -0.05) is 105 Å². The van der Waals surface area contributed by atoms with E-state index in [1.165, 1.54) is 23.6 Å². The molecule has 1 aliphatic rings. The molecule has 0 aromatic heterocycles. The first kappa shape index (κ1) is 40.1. The molecule has 35 heavy (non-hydrogen) atoms. The number of carbonyl (C=O) groups is 1. The number of ketones is 1. The number of aliphatic imine (C=N–C) groups is 1.